The summed E-state index contributed by atoms with van der Waals surface area (Å²) in [6.07, 6.45) is 5.55. The Labute approximate surface area is 531 Å². The molecule has 4 saturated heterocycles. The number of rotatable bonds is 10. The van der Waals surface area contributed by atoms with Crippen LogP contribution < -0.4 is 31.6 Å². The largest absolute Gasteiger partial charge is 0.415 e. The van der Waals surface area contributed by atoms with Crippen LogP contribution in [-0.2, 0) is 19.1 Å². The maximum atomic E-state index is 12.5. The van der Waals surface area contributed by atoms with E-state index in [9.17, 15) is 39.6 Å². The van der Waals surface area contributed by atoms with E-state index in [-0.39, 0.29) is 52.7 Å². The molecule has 4 aliphatic heterocycles. The number of ether oxygens (including phenoxy) is 4. The third kappa shape index (κ3) is 15.3. The predicted octanol–water partition coefficient (Wildman–Crippen LogP) is 5.40. The predicted molar refractivity (Wildman–Crippen MR) is 325 cm³/mol. The second-order valence-corrected chi connectivity index (χ2v) is 24.1. The van der Waals surface area contributed by atoms with Gasteiger partial charge in [-0.1, -0.05) is 52.3 Å². The van der Waals surface area contributed by atoms with Gasteiger partial charge in [-0.3, -0.25) is 18.7 Å². The van der Waals surface area contributed by atoms with Gasteiger partial charge in [0, 0.05) is 85.8 Å². The summed E-state index contributed by atoms with van der Waals surface area (Å²) < 4.78 is 25.4. The van der Waals surface area contributed by atoms with E-state index in [1.165, 1.54) is 33.9 Å². The first-order chi connectivity index (χ1) is 41.7. The highest BCUT2D eigenvalue weighted by Crippen LogP contribution is 2.36. The van der Waals surface area contributed by atoms with Crippen molar-refractivity contribution in [2.24, 2.45) is 11.8 Å². The van der Waals surface area contributed by atoms with E-state index in [1.807, 2.05) is 22.6 Å². The number of fused-ring (bicyclic) bond motifs is 2. The van der Waals surface area contributed by atoms with Crippen LogP contribution >= 0.6 is 69.0 Å². The number of nitrogen functional groups attached to an aromatic ring is 2. The number of nitrogens with one attached hydrogen (secondary N) is 2. The van der Waals surface area contributed by atoms with E-state index in [2.05, 4.69) is 58.3 Å². The number of piperidine rings is 2. The average molecular weight is 1390 g/mol. The molecular formula is C56H59Cl4IN14O12. The fraction of sp³-hybridized carbons (Fsp3) is 0.464. The molecule has 6 fully saturated rings. The summed E-state index contributed by atoms with van der Waals surface area (Å²) in [5.41, 5.74) is 13.2. The molecular weight excluding hydrogens is 1330 g/mol. The number of nitrogens with zero attached hydrogens (tertiary/aromatic N) is 10. The van der Waals surface area contributed by atoms with Crippen LogP contribution in [0.4, 0.5) is 21.2 Å². The zero-order valence-electron chi connectivity index (χ0n) is 46.1. The van der Waals surface area contributed by atoms with Gasteiger partial charge < -0.3 is 71.3 Å². The summed E-state index contributed by atoms with van der Waals surface area (Å²) in [7, 11) is 0. The SMILES string of the molecule is C#CCC1CCN(C(=O)Oc2ccc(Cl)c(Cl)c2)CC1.Nc1nc(C#CCC2CCN(C(=O)Oc3ccc(Cl)c(Cl)c3)CC2)nc2c1ncn2[C@@H]1O[C@H](C(=O)NC2CC2)[C@H](O)C1O.Nc1nc(I)nc2c1ncn2[C@@H]1O[C@H](C(=O)NC2CC2)[C@H](O)C1O. The Morgan fingerprint density at radius 2 is 1.06 bits per heavy atom. The van der Waals surface area contributed by atoms with E-state index in [0.717, 1.165) is 57.8 Å². The minimum Gasteiger partial charge on any atom is -0.410 e. The Kier molecular flexibility index (Phi) is 20.3. The van der Waals surface area contributed by atoms with Crippen LogP contribution in [0.2, 0.25) is 20.1 Å². The van der Waals surface area contributed by atoms with Gasteiger partial charge in [0.2, 0.25) is 5.82 Å². The first-order valence-corrected chi connectivity index (χ1v) is 30.4. The van der Waals surface area contributed by atoms with Crippen LogP contribution in [0.15, 0.2) is 49.1 Å². The van der Waals surface area contributed by atoms with E-state index in [0.29, 0.717) is 85.1 Å². The smallest absolute Gasteiger partial charge is 0.410 e. The zero-order valence-corrected chi connectivity index (χ0v) is 51.3. The van der Waals surface area contributed by atoms with Crippen LogP contribution in [-0.4, -0.2) is 168 Å². The second kappa shape index (κ2) is 27.8. The highest BCUT2D eigenvalue weighted by molar-refractivity contribution is 14.1. The number of aliphatic hydroxyl groups is 4. The normalized spacial score (nSPS) is 23.8. The first-order valence-electron chi connectivity index (χ1n) is 27.8. The average Bonchev–Trinajstić information content (AvgIpc) is 1.76. The molecule has 0 radical (unpaired) electrons. The number of anilines is 2. The van der Waals surface area contributed by atoms with Gasteiger partial charge in [0.25, 0.3) is 11.8 Å². The van der Waals surface area contributed by atoms with Crippen molar-refractivity contribution in [3.63, 3.8) is 0 Å². The summed E-state index contributed by atoms with van der Waals surface area (Å²) in [6, 6.07) is 9.63. The molecule has 2 aliphatic carbocycles. The molecule has 460 valence electrons. The lowest BCUT2D eigenvalue weighted by atomic mass is 9.94. The molecule has 4 amide bonds. The number of carbonyl (C=O) groups excluding carboxylic acids is 4. The Hall–Kier alpha value is -6.61. The molecule has 8 atom stereocenters. The molecule has 87 heavy (non-hydrogen) atoms. The van der Waals surface area contributed by atoms with Gasteiger partial charge in [0.15, 0.2) is 51.4 Å². The summed E-state index contributed by atoms with van der Waals surface area (Å²) in [4.78, 5) is 77.9. The molecule has 8 heterocycles. The summed E-state index contributed by atoms with van der Waals surface area (Å²) >= 11 is 25.5. The number of likely N-dealkylation sites (tertiary alicyclic amines) is 2. The number of nitrogens with two attached hydrogens (primary N) is 2. The van der Waals surface area contributed by atoms with Crippen molar-refractivity contribution in [2.75, 3.05) is 37.6 Å². The van der Waals surface area contributed by atoms with Crippen molar-refractivity contribution in [3.8, 4) is 35.7 Å². The minimum absolute atomic E-state index is 0.0754. The van der Waals surface area contributed by atoms with Gasteiger partial charge in [0.1, 0.15) is 46.9 Å². The monoisotopic (exact) mass is 1390 g/mol. The van der Waals surface area contributed by atoms with Crippen molar-refractivity contribution in [2.45, 2.75) is 125 Å². The van der Waals surface area contributed by atoms with Crippen LogP contribution in [0.25, 0.3) is 22.3 Å². The Morgan fingerprint density at radius 1 is 0.621 bits per heavy atom. The van der Waals surface area contributed by atoms with Crippen molar-refractivity contribution in [1.29, 1.82) is 0 Å². The minimum atomic E-state index is -1.43. The number of aliphatic hydroxyl groups excluding tert-OH is 4. The molecule has 12 rings (SSSR count). The van der Waals surface area contributed by atoms with E-state index < -0.39 is 67.0 Å². The summed E-state index contributed by atoms with van der Waals surface area (Å²) in [5, 5.41) is 48.7. The van der Waals surface area contributed by atoms with Gasteiger partial charge in [-0.05, 0) is 93.4 Å². The molecule has 2 saturated carbocycles. The highest BCUT2D eigenvalue weighted by Gasteiger charge is 2.50. The lowest BCUT2D eigenvalue weighted by molar-refractivity contribution is -0.138. The molecule has 26 nitrogen and oxygen atoms in total. The van der Waals surface area contributed by atoms with Crippen molar-refractivity contribution < 1.29 is 58.6 Å². The quantitative estimate of drug-likeness (QED) is 0.0483. The second-order valence-electron chi connectivity index (χ2n) is 21.5. The van der Waals surface area contributed by atoms with Gasteiger partial charge in [-0.25, -0.2) is 39.5 Å². The number of halogens is 5. The number of benzene rings is 2. The maximum absolute atomic E-state index is 12.5. The third-order valence-electron chi connectivity index (χ3n) is 15.2. The molecule has 10 N–H and O–H groups in total. The molecule has 2 unspecified atom stereocenters. The van der Waals surface area contributed by atoms with Crippen LogP contribution in [0, 0.1) is 39.9 Å². The number of hydrogen-bond donors (Lipinski definition) is 8. The molecule has 0 bridgehead atoms. The number of terminal acetylenes is 1. The number of carbonyl (C=O) groups is 4. The van der Waals surface area contributed by atoms with Crippen LogP contribution in [0.5, 0.6) is 11.5 Å². The van der Waals surface area contributed by atoms with E-state index in [1.54, 1.807) is 34.1 Å². The number of aromatic nitrogens is 8. The van der Waals surface area contributed by atoms with E-state index in [4.69, 9.17) is 83.2 Å². The maximum Gasteiger partial charge on any atom is 0.415 e. The topological polar surface area (TPSA) is 356 Å². The molecule has 4 aromatic heterocycles. The van der Waals surface area contributed by atoms with Crippen molar-refractivity contribution in [3.05, 3.63) is 78.8 Å². The number of hydrogen-bond acceptors (Lipinski definition) is 20. The first kappa shape index (κ1) is 63.4. The van der Waals surface area contributed by atoms with Gasteiger partial charge in [0.05, 0.1) is 32.7 Å². The molecule has 6 aromatic rings. The van der Waals surface area contributed by atoms with Crippen molar-refractivity contribution >= 4 is 127 Å². The highest BCUT2D eigenvalue weighted by atomic mass is 127. The fourth-order valence-corrected chi connectivity index (χ4v) is 11.1. The Morgan fingerprint density at radius 3 is 1.49 bits per heavy atom. The lowest BCUT2D eigenvalue weighted by Crippen LogP contribution is -2.43. The molecule has 31 heteroatoms. The number of imidazole rings is 2. The molecule has 6 aliphatic rings. The van der Waals surface area contributed by atoms with Crippen LogP contribution in [0.1, 0.15) is 82.5 Å². The molecule has 2 aromatic carbocycles. The number of amides is 4. The van der Waals surface area contributed by atoms with E-state index >= 15 is 0 Å². The van der Waals surface area contributed by atoms with Crippen molar-refractivity contribution in [1.82, 2.24) is 59.5 Å². The van der Waals surface area contributed by atoms with Gasteiger partial charge in [-0.2, -0.15) is 0 Å². The summed E-state index contributed by atoms with van der Waals surface area (Å²) in [5.74, 6) is 9.77. The lowest BCUT2D eigenvalue weighted by Gasteiger charge is -2.30. The summed E-state index contributed by atoms with van der Waals surface area (Å²) in [6.45, 7) is 2.39. The standard InChI is InChI=1S/C28H29Cl2N7O6.C15H15Cl2NO2.C13H15IN6O4/c29-17-7-6-16(12-18(17)30)42-28(41)36-10-8-14(9-11-36)2-1-3-19-34-24(31)20-25(35-19)37(13-32-20)27-22(39)21(38)23(43-27)26(40)33-15-4-5-15;1-2-3-11-6-8-18(9-7-11)15(19)20-12-4-5-13(16)14(17)10-12;14-13-18-9(15)5-10(19-13)20(3-16-5)12-7(22)6(21)8(24-12)11(23)17-4-1-2-4/h6-7,12-15,21-23,27,38-39H,2,4-5,8-11H2,(H,33,40)(H2,31,34,35);1,4-5,10-11H,3,6-9H2;3-4,6-8,12,21-22H,1-2H2,(H,17,23)(H2,15,18,19)/t21-,22?,23+,27-;;6-,7?,8+,12-/m1.1/s1. The van der Waals surface area contributed by atoms with Crippen LogP contribution in [0.3, 0.4) is 0 Å². The zero-order chi connectivity index (χ0) is 61.8. The fourth-order valence-electron chi connectivity index (χ4n) is 10.0. The van der Waals surface area contributed by atoms with Gasteiger partial charge >= 0.3 is 12.2 Å². The molecule has 0 spiro atoms. The van der Waals surface area contributed by atoms with Gasteiger partial charge in [-0.15, -0.1) is 12.3 Å². The Bertz CT molecular complexity index is 3660. The third-order valence-corrected chi connectivity index (χ3v) is 17.2. The Balaban J connectivity index is 0.000000160.